The van der Waals surface area contributed by atoms with Gasteiger partial charge in [-0.05, 0) is 85.0 Å². The predicted octanol–water partition coefficient (Wildman–Crippen LogP) is 4.46. The number of fused-ring (bicyclic) bond motifs is 1. The molecule has 0 spiro atoms. The van der Waals surface area contributed by atoms with Crippen LogP contribution in [-0.4, -0.2) is 102 Å². The third-order valence-corrected chi connectivity index (χ3v) is 11.6. The number of carbonyl (C=O) groups is 1. The highest BCUT2D eigenvalue weighted by Crippen LogP contribution is 2.37. The molecule has 0 radical (unpaired) electrons. The Balaban J connectivity index is 1.30. The van der Waals surface area contributed by atoms with Crippen LogP contribution in [0.5, 0.6) is 0 Å². The molecule has 0 atom stereocenters. The maximum atomic E-state index is 14.1. The minimum absolute atomic E-state index is 0.147. The molecule has 1 amide bonds. The minimum Gasteiger partial charge on any atom is -0.395 e. The van der Waals surface area contributed by atoms with Crippen molar-refractivity contribution in [2.24, 2.45) is 0 Å². The zero-order valence-corrected chi connectivity index (χ0v) is 28.8. The molecular weight excluding hydrogens is 639 g/mol. The number of hydrogen-bond donors (Lipinski definition) is 2. The molecule has 0 saturated carbocycles. The molecule has 11 heteroatoms. The molecule has 2 aliphatic heterocycles. The fraction of sp³-hybridized carbons (Fsp3) is 0.316. The minimum atomic E-state index is -3.99. The van der Waals surface area contributed by atoms with Gasteiger partial charge in [-0.25, -0.2) is 17.4 Å². The normalized spacial score (nSPS) is 15.9. The second-order valence-electron chi connectivity index (χ2n) is 13.2. The van der Waals surface area contributed by atoms with Crippen LogP contribution >= 0.6 is 0 Å². The third-order valence-electron chi connectivity index (χ3n) is 9.76. The Hall–Kier alpha value is -4.55. The molecular formula is C38H41N5O5S. The lowest BCUT2D eigenvalue weighted by atomic mass is 9.97. The molecule has 2 N–H and O–H groups in total. The van der Waals surface area contributed by atoms with Gasteiger partial charge < -0.3 is 20.0 Å². The van der Waals surface area contributed by atoms with E-state index in [1.807, 2.05) is 24.3 Å². The number of aromatic nitrogens is 2. The summed E-state index contributed by atoms with van der Waals surface area (Å²) >= 11 is 0. The number of benzene rings is 3. The summed E-state index contributed by atoms with van der Waals surface area (Å²) in [6.45, 7) is 11.1. The average molecular weight is 680 g/mol. The van der Waals surface area contributed by atoms with Gasteiger partial charge in [0.15, 0.2) is 5.65 Å². The summed E-state index contributed by atoms with van der Waals surface area (Å²) in [4.78, 5) is 24.2. The highest BCUT2D eigenvalue weighted by Gasteiger charge is 2.30. The summed E-state index contributed by atoms with van der Waals surface area (Å²) < 4.78 is 29.5. The topological polar surface area (TPSA) is 119 Å². The zero-order valence-electron chi connectivity index (χ0n) is 28.0. The molecule has 2 fully saturated rings. The van der Waals surface area contributed by atoms with Crippen molar-refractivity contribution in [2.45, 2.75) is 31.8 Å². The molecule has 254 valence electrons. The lowest BCUT2D eigenvalue weighted by molar-refractivity contribution is 0.00589. The first kappa shape index (κ1) is 33.0. The molecule has 3 aromatic carbocycles. The number of amides is 1. The van der Waals surface area contributed by atoms with Crippen LogP contribution in [0.15, 0.2) is 84.0 Å². The van der Waals surface area contributed by atoms with Gasteiger partial charge in [0, 0.05) is 86.0 Å². The lowest BCUT2D eigenvalue weighted by Crippen LogP contribution is -2.53. The van der Waals surface area contributed by atoms with Gasteiger partial charge in [-0.1, -0.05) is 30.3 Å². The number of aliphatic hydroxyl groups excluding tert-OH is 2. The van der Waals surface area contributed by atoms with Crippen molar-refractivity contribution >= 4 is 32.7 Å². The Morgan fingerprint density at radius 3 is 2.16 bits per heavy atom. The Morgan fingerprint density at radius 1 is 0.857 bits per heavy atom. The Morgan fingerprint density at radius 2 is 1.53 bits per heavy atom. The van der Waals surface area contributed by atoms with E-state index in [4.69, 9.17) is 4.98 Å². The second kappa shape index (κ2) is 13.1. The van der Waals surface area contributed by atoms with Crippen LogP contribution in [0.2, 0.25) is 0 Å². The molecule has 0 aliphatic carbocycles. The third kappa shape index (κ3) is 6.12. The number of rotatable bonds is 8. The molecule has 10 nitrogen and oxygen atoms in total. The molecule has 5 aromatic rings. The highest BCUT2D eigenvalue weighted by molar-refractivity contribution is 7.90. The predicted molar refractivity (Wildman–Crippen MR) is 191 cm³/mol. The van der Waals surface area contributed by atoms with Crippen molar-refractivity contribution in [1.29, 1.82) is 0 Å². The summed E-state index contributed by atoms with van der Waals surface area (Å²) in [5.41, 5.74) is 8.30. The van der Waals surface area contributed by atoms with Crippen LogP contribution in [0.3, 0.4) is 0 Å². The van der Waals surface area contributed by atoms with Crippen molar-refractivity contribution in [1.82, 2.24) is 18.8 Å². The van der Waals surface area contributed by atoms with Crippen LogP contribution in [-0.2, 0) is 10.0 Å². The summed E-state index contributed by atoms with van der Waals surface area (Å²) in [5, 5.41) is 19.7. The Kier molecular flexibility index (Phi) is 8.78. The molecule has 4 heterocycles. The van der Waals surface area contributed by atoms with Gasteiger partial charge in [0.05, 0.1) is 17.6 Å². The van der Waals surface area contributed by atoms with Crippen molar-refractivity contribution in [3.63, 3.8) is 0 Å². The van der Waals surface area contributed by atoms with E-state index in [9.17, 15) is 23.4 Å². The van der Waals surface area contributed by atoms with Crippen LogP contribution in [0.1, 0.15) is 27.0 Å². The fourth-order valence-corrected chi connectivity index (χ4v) is 8.71. The molecule has 7 rings (SSSR count). The van der Waals surface area contributed by atoms with E-state index in [1.54, 1.807) is 54.5 Å². The largest absolute Gasteiger partial charge is 0.395 e. The summed E-state index contributed by atoms with van der Waals surface area (Å²) in [5.74, 6) is -0.147. The number of likely N-dealkylation sites (tertiary alicyclic amines) is 1. The Bertz CT molecular complexity index is 2120. The standard InChI is InChI=1S/C38H41N5O5S/c1-25-6-4-5-7-35(25)49(47,48)43-24-34(28-8-10-29(11-9-28)38(46)42-22-32(45)23-42)33-20-31(21-39-37(33)43)30-18-26(2)36(27(3)19-30)41-14-12-40(13-15-41)16-17-44/h4-11,18-21,24,32,44-45H,12-17,22-23H2,1-3H3. The van der Waals surface area contributed by atoms with Gasteiger partial charge >= 0.3 is 0 Å². The second-order valence-corrected chi connectivity index (χ2v) is 14.9. The van der Waals surface area contributed by atoms with Crippen molar-refractivity contribution < 1.29 is 23.4 Å². The summed E-state index contributed by atoms with van der Waals surface area (Å²) in [6.07, 6.45) is 2.88. The van der Waals surface area contributed by atoms with Crippen LogP contribution < -0.4 is 4.90 Å². The van der Waals surface area contributed by atoms with Gasteiger partial charge in [0.2, 0.25) is 0 Å². The molecule has 2 aliphatic rings. The van der Waals surface area contributed by atoms with Crippen molar-refractivity contribution in [3.8, 4) is 22.3 Å². The zero-order chi connectivity index (χ0) is 34.4. The van der Waals surface area contributed by atoms with Gasteiger partial charge in [-0.2, -0.15) is 0 Å². The van der Waals surface area contributed by atoms with E-state index in [0.29, 0.717) is 47.4 Å². The quantitative estimate of drug-likeness (QED) is 0.247. The van der Waals surface area contributed by atoms with Gasteiger partial charge in [0.1, 0.15) is 0 Å². The fourth-order valence-electron chi connectivity index (χ4n) is 7.16. The smallest absolute Gasteiger partial charge is 0.269 e. The maximum Gasteiger partial charge on any atom is 0.269 e. The van der Waals surface area contributed by atoms with E-state index in [0.717, 1.165) is 54.0 Å². The molecule has 2 saturated heterocycles. The van der Waals surface area contributed by atoms with E-state index in [2.05, 4.69) is 35.8 Å². The number of β-amino-alcohol motifs (C(OH)–C–C–N with tert-alkyl or cyclic N) is 2. The highest BCUT2D eigenvalue weighted by atomic mass is 32.2. The SMILES string of the molecule is Cc1ccccc1S(=O)(=O)n1cc(-c2ccc(C(=O)N3CC(O)C3)cc2)c2cc(-c3cc(C)c(N4CCN(CCO)CC4)c(C)c3)cnc21. The van der Waals surface area contributed by atoms with Gasteiger partial charge in [0.25, 0.3) is 15.9 Å². The van der Waals surface area contributed by atoms with Crippen LogP contribution in [0.25, 0.3) is 33.3 Å². The number of aryl methyl sites for hydroxylation is 3. The van der Waals surface area contributed by atoms with E-state index >= 15 is 0 Å². The molecule has 49 heavy (non-hydrogen) atoms. The van der Waals surface area contributed by atoms with Crippen LogP contribution in [0.4, 0.5) is 5.69 Å². The summed E-state index contributed by atoms with van der Waals surface area (Å²) in [6, 6.07) is 20.4. The number of hydrogen-bond acceptors (Lipinski definition) is 8. The summed E-state index contributed by atoms with van der Waals surface area (Å²) in [7, 11) is -3.99. The maximum absolute atomic E-state index is 14.1. The molecule has 2 aromatic heterocycles. The van der Waals surface area contributed by atoms with Gasteiger partial charge in [-0.3, -0.25) is 9.69 Å². The number of carbonyl (C=O) groups excluding carboxylic acids is 1. The van der Waals surface area contributed by atoms with Crippen LogP contribution in [0, 0.1) is 20.8 Å². The van der Waals surface area contributed by atoms with E-state index in [-0.39, 0.29) is 17.4 Å². The number of nitrogens with zero attached hydrogens (tertiary/aromatic N) is 5. The first-order valence-corrected chi connectivity index (χ1v) is 18.1. The molecule has 0 bridgehead atoms. The van der Waals surface area contributed by atoms with E-state index < -0.39 is 16.1 Å². The average Bonchev–Trinajstić information content (AvgIpc) is 3.47. The lowest BCUT2D eigenvalue weighted by Gasteiger charge is -2.37. The van der Waals surface area contributed by atoms with Crippen molar-refractivity contribution in [2.75, 3.05) is 57.3 Å². The monoisotopic (exact) mass is 679 g/mol. The van der Waals surface area contributed by atoms with Gasteiger partial charge in [-0.15, -0.1) is 0 Å². The first-order chi connectivity index (χ1) is 23.5. The number of piperazine rings is 1. The Labute approximate surface area is 286 Å². The number of anilines is 1. The van der Waals surface area contributed by atoms with E-state index in [1.165, 1.54) is 9.66 Å². The number of pyridine rings is 1. The number of aliphatic hydroxyl groups is 2. The van der Waals surface area contributed by atoms with Crippen molar-refractivity contribution in [3.05, 3.63) is 101 Å². The molecule has 0 unspecified atom stereocenters. The first-order valence-electron chi connectivity index (χ1n) is 16.6.